The predicted octanol–water partition coefficient (Wildman–Crippen LogP) is 2.91. The lowest BCUT2D eigenvalue weighted by atomic mass is 10.2. The second kappa shape index (κ2) is 6.93. The van der Waals surface area contributed by atoms with Crippen molar-refractivity contribution in [3.05, 3.63) is 5.82 Å². The molecule has 0 atom stereocenters. The monoisotopic (exact) mass is 283 g/mol. The first-order valence-electron chi connectivity index (χ1n) is 7.00. The Bertz CT molecular complexity index is 430. The highest BCUT2D eigenvalue weighted by Gasteiger charge is 2.30. The molecule has 19 heavy (non-hydrogen) atoms. The van der Waals surface area contributed by atoms with Gasteiger partial charge in [0, 0.05) is 12.5 Å². The number of carbonyl (C=O) groups is 1. The Morgan fingerprint density at radius 2 is 2.16 bits per heavy atom. The van der Waals surface area contributed by atoms with Crippen molar-refractivity contribution in [1.82, 2.24) is 14.8 Å². The molecule has 1 fully saturated rings. The van der Waals surface area contributed by atoms with E-state index < -0.39 is 5.97 Å². The molecule has 0 radical (unpaired) electrons. The highest BCUT2D eigenvalue weighted by molar-refractivity contribution is 7.99. The van der Waals surface area contributed by atoms with Crippen LogP contribution in [0.15, 0.2) is 5.16 Å². The van der Waals surface area contributed by atoms with Crippen LogP contribution in [-0.4, -0.2) is 31.6 Å². The molecule has 0 aromatic carbocycles. The minimum absolute atomic E-state index is 0.0533. The van der Waals surface area contributed by atoms with Gasteiger partial charge < -0.3 is 9.67 Å². The molecular formula is C13H21N3O2S. The number of carboxylic acids is 1. The van der Waals surface area contributed by atoms with E-state index in [0.29, 0.717) is 5.92 Å². The summed E-state index contributed by atoms with van der Waals surface area (Å²) in [5.41, 5.74) is 0. The normalized spacial score (nSPS) is 14.8. The van der Waals surface area contributed by atoms with Gasteiger partial charge in [0.2, 0.25) is 0 Å². The van der Waals surface area contributed by atoms with Crippen molar-refractivity contribution in [2.75, 3.05) is 5.75 Å². The van der Waals surface area contributed by atoms with Crippen LogP contribution in [0.2, 0.25) is 0 Å². The minimum atomic E-state index is -0.807. The summed E-state index contributed by atoms with van der Waals surface area (Å²) in [7, 11) is 0. The quantitative estimate of drug-likeness (QED) is 0.557. The molecule has 5 nitrogen and oxygen atoms in total. The van der Waals surface area contributed by atoms with Gasteiger partial charge in [0.1, 0.15) is 5.82 Å². The van der Waals surface area contributed by atoms with Crippen molar-refractivity contribution >= 4 is 17.7 Å². The Balaban J connectivity index is 1.98. The van der Waals surface area contributed by atoms with Crippen molar-refractivity contribution in [3.63, 3.8) is 0 Å². The first-order chi connectivity index (χ1) is 9.22. The summed E-state index contributed by atoms with van der Waals surface area (Å²) in [5, 5.41) is 17.9. The SMILES string of the molecule is CCCCCCn1c(SCC(=O)O)nnc1C1CC1. The summed E-state index contributed by atoms with van der Waals surface area (Å²) in [6, 6.07) is 0. The van der Waals surface area contributed by atoms with Crippen molar-refractivity contribution in [2.45, 2.75) is 63.1 Å². The number of hydrogen-bond acceptors (Lipinski definition) is 4. The third kappa shape index (κ3) is 4.23. The first kappa shape index (κ1) is 14.4. The van der Waals surface area contributed by atoms with Crippen molar-refractivity contribution in [3.8, 4) is 0 Å². The number of thioether (sulfide) groups is 1. The van der Waals surface area contributed by atoms with E-state index >= 15 is 0 Å². The maximum absolute atomic E-state index is 10.7. The van der Waals surface area contributed by atoms with Gasteiger partial charge in [-0.3, -0.25) is 4.79 Å². The van der Waals surface area contributed by atoms with Gasteiger partial charge in [-0.05, 0) is 19.3 Å². The number of aliphatic carboxylic acids is 1. The van der Waals surface area contributed by atoms with Gasteiger partial charge in [-0.25, -0.2) is 0 Å². The van der Waals surface area contributed by atoms with E-state index in [1.54, 1.807) is 0 Å². The summed E-state index contributed by atoms with van der Waals surface area (Å²) in [6.07, 6.45) is 7.18. The van der Waals surface area contributed by atoms with Crippen LogP contribution < -0.4 is 0 Å². The van der Waals surface area contributed by atoms with Gasteiger partial charge in [-0.15, -0.1) is 10.2 Å². The van der Waals surface area contributed by atoms with Gasteiger partial charge in [0.05, 0.1) is 5.75 Å². The number of unbranched alkanes of at least 4 members (excludes halogenated alkanes) is 3. The fraction of sp³-hybridized carbons (Fsp3) is 0.769. The topological polar surface area (TPSA) is 68.0 Å². The molecule has 6 heteroatoms. The summed E-state index contributed by atoms with van der Waals surface area (Å²) >= 11 is 1.27. The summed E-state index contributed by atoms with van der Waals surface area (Å²) in [5.74, 6) is 0.860. The van der Waals surface area contributed by atoms with Gasteiger partial charge in [-0.1, -0.05) is 37.9 Å². The zero-order chi connectivity index (χ0) is 13.7. The Labute approximate surface area is 117 Å². The van der Waals surface area contributed by atoms with E-state index in [-0.39, 0.29) is 5.75 Å². The molecule has 1 heterocycles. The van der Waals surface area contributed by atoms with Gasteiger partial charge in [0.25, 0.3) is 0 Å². The average molecular weight is 283 g/mol. The third-order valence-electron chi connectivity index (χ3n) is 3.25. The Morgan fingerprint density at radius 1 is 1.37 bits per heavy atom. The van der Waals surface area contributed by atoms with Gasteiger partial charge in [-0.2, -0.15) is 0 Å². The maximum atomic E-state index is 10.7. The van der Waals surface area contributed by atoms with E-state index in [1.807, 2.05) is 0 Å². The molecule has 0 unspecified atom stereocenters. The van der Waals surface area contributed by atoms with E-state index in [0.717, 1.165) is 23.9 Å². The smallest absolute Gasteiger partial charge is 0.313 e. The fourth-order valence-corrected chi connectivity index (χ4v) is 2.78. The van der Waals surface area contributed by atoms with Crippen LogP contribution in [0.25, 0.3) is 0 Å². The molecule has 1 aromatic rings. The van der Waals surface area contributed by atoms with Crippen LogP contribution in [-0.2, 0) is 11.3 Å². The van der Waals surface area contributed by atoms with Gasteiger partial charge in [0.15, 0.2) is 5.16 Å². The molecule has 0 aliphatic heterocycles. The number of aromatic nitrogens is 3. The second-order valence-electron chi connectivity index (χ2n) is 5.01. The molecule has 0 saturated heterocycles. The number of nitrogens with zero attached hydrogens (tertiary/aromatic N) is 3. The fourth-order valence-electron chi connectivity index (χ4n) is 2.08. The van der Waals surface area contributed by atoms with Crippen LogP contribution >= 0.6 is 11.8 Å². The summed E-state index contributed by atoms with van der Waals surface area (Å²) < 4.78 is 2.14. The van der Waals surface area contributed by atoms with Crippen LogP contribution in [0.5, 0.6) is 0 Å². The Kier molecular flexibility index (Phi) is 5.24. The summed E-state index contributed by atoms with van der Waals surface area (Å²) in [4.78, 5) is 10.7. The highest BCUT2D eigenvalue weighted by atomic mass is 32.2. The second-order valence-corrected chi connectivity index (χ2v) is 5.95. The van der Waals surface area contributed by atoms with Crippen LogP contribution in [0.4, 0.5) is 0 Å². The van der Waals surface area contributed by atoms with E-state index in [2.05, 4.69) is 21.7 Å². The highest BCUT2D eigenvalue weighted by Crippen LogP contribution is 2.40. The average Bonchev–Trinajstić information content (AvgIpc) is 3.14. The van der Waals surface area contributed by atoms with Crippen molar-refractivity contribution in [1.29, 1.82) is 0 Å². The third-order valence-corrected chi connectivity index (χ3v) is 4.20. The zero-order valence-electron chi connectivity index (χ0n) is 11.3. The molecule has 0 spiro atoms. The van der Waals surface area contributed by atoms with Crippen LogP contribution in [0.3, 0.4) is 0 Å². The molecule has 1 aromatic heterocycles. The zero-order valence-corrected chi connectivity index (χ0v) is 12.2. The number of carboxylic acid groups (broad SMARTS) is 1. The van der Waals surface area contributed by atoms with Crippen LogP contribution in [0, 0.1) is 0 Å². The molecule has 1 aliphatic carbocycles. The van der Waals surface area contributed by atoms with Gasteiger partial charge >= 0.3 is 5.97 Å². The van der Waals surface area contributed by atoms with Crippen molar-refractivity contribution < 1.29 is 9.90 Å². The maximum Gasteiger partial charge on any atom is 0.313 e. The lowest BCUT2D eigenvalue weighted by Crippen LogP contribution is -2.06. The lowest BCUT2D eigenvalue weighted by Gasteiger charge is -2.08. The number of hydrogen-bond donors (Lipinski definition) is 1. The molecule has 0 bridgehead atoms. The molecule has 1 aliphatic rings. The largest absolute Gasteiger partial charge is 0.481 e. The lowest BCUT2D eigenvalue weighted by molar-refractivity contribution is -0.133. The molecule has 2 rings (SSSR count). The molecule has 1 saturated carbocycles. The number of rotatable bonds is 9. The first-order valence-corrected chi connectivity index (χ1v) is 7.98. The van der Waals surface area contributed by atoms with E-state index in [4.69, 9.17) is 5.11 Å². The van der Waals surface area contributed by atoms with E-state index in [9.17, 15) is 4.79 Å². The van der Waals surface area contributed by atoms with Crippen molar-refractivity contribution in [2.24, 2.45) is 0 Å². The molecule has 106 valence electrons. The molecule has 0 amide bonds. The predicted molar refractivity (Wildman–Crippen MR) is 74.5 cm³/mol. The standard InChI is InChI=1S/C13H21N3O2S/c1-2-3-4-5-8-16-12(10-6-7-10)14-15-13(16)19-9-11(17)18/h10H,2-9H2,1H3,(H,17,18). The molecular weight excluding hydrogens is 262 g/mol. The molecule has 1 N–H and O–H groups in total. The van der Waals surface area contributed by atoms with E-state index in [1.165, 1.54) is 43.9 Å². The van der Waals surface area contributed by atoms with Crippen LogP contribution in [0.1, 0.15) is 57.2 Å². The Morgan fingerprint density at radius 3 is 2.79 bits per heavy atom. The minimum Gasteiger partial charge on any atom is -0.481 e. The summed E-state index contributed by atoms with van der Waals surface area (Å²) in [6.45, 7) is 3.11. The Hall–Kier alpha value is -1.04.